The van der Waals surface area contributed by atoms with Crippen LogP contribution in [0.5, 0.6) is 0 Å². The minimum absolute atomic E-state index is 0.113. The van der Waals surface area contributed by atoms with Gasteiger partial charge in [-0.1, -0.05) is 30.3 Å². The van der Waals surface area contributed by atoms with Crippen LogP contribution in [0.15, 0.2) is 42.7 Å². The molecule has 0 spiro atoms. The van der Waals surface area contributed by atoms with E-state index >= 15 is 0 Å². The van der Waals surface area contributed by atoms with Crippen molar-refractivity contribution in [3.63, 3.8) is 0 Å². The van der Waals surface area contributed by atoms with Crippen LogP contribution < -0.4 is 10.2 Å². The summed E-state index contributed by atoms with van der Waals surface area (Å²) < 4.78 is 5.37. The molecule has 0 amide bonds. The van der Waals surface area contributed by atoms with Crippen LogP contribution in [-0.4, -0.2) is 53.5 Å². The lowest BCUT2D eigenvalue weighted by Crippen LogP contribution is -2.37. The molecule has 1 saturated heterocycles. The zero-order valence-corrected chi connectivity index (χ0v) is 13.9. The molecule has 2 aromatic rings. The van der Waals surface area contributed by atoms with Gasteiger partial charge in [0.2, 0.25) is 0 Å². The minimum atomic E-state index is -0.491. The molecule has 1 aliphatic heterocycles. The Morgan fingerprint density at radius 2 is 1.96 bits per heavy atom. The SMILES string of the molecule is CC(Nc1cc(N2CCOCC2)ncn1)C(O)Cc1ccccc1. The topological polar surface area (TPSA) is 70.5 Å². The number of nitrogens with zero attached hydrogens (tertiary/aromatic N) is 3. The molecular weight excluding hydrogens is 304 g/mol. The van der Waals surface area contributed by atoms with Gasteiger partial charge in [-0.15, -0.1) is 0 Å². The van der Waals surface area contributed by atoms with Gasteiger partial charge in [0, 0.05) is 25.6 Å². The first-order chi connectivity index (χ1) is 11.7. The Balaban J connectivity index is 1.60. The first-order valence-electron chi connectivity index (χ1n) is 8.35. The van der Waals surface area contributed by atoms with E-state index in [1.54, 1.807) is 6.33 Å². The predicted molar refractivity (Wildman–Crippen MR) is 94.3 cm³/mol. The third-order valence-corrected chi connectivity index (χ3v) is 4.23. The van der Waals surface area contributed by atoms with Crippen molar-refractivity contribution in [2.24, 2.45) is 0 Å². The number of nitrogens with one attached hydrogen (secondary N) is 1. The molecule has 2 unspecified atom stereocenters. The summed E-state index contributed by atoms with van der Waals surface area (Å²) in [4.78, 5) is 10.8. The van der Waals surface area contributed by atoms with Crippen molar-refractivity contribution < 1.29 is 9.84 Å². The Morgan fingerprint density at radius 3 is 2.71 bits per heavy atom. The molecule has 1 aromatic carbocycles. The van der Waals surface area contributed by atoms with Gasteiger partial charge in [0.05, 0.1) is 25.4 Å². The normalized spacial score (nSPS) is 17.3. The maximum Gasteiger partial charge on any atom is 0.134 e. The first-order valence-corrected chi connectivity index (χ1v) is 8.35. The fraction of sp³-hybridized carbons (Fsp3) is 0.444. The van der Waals surface area contributed by atoms with Crippen LogP contribution in [0.2, 0.25) is 0 Å². The highest BCUT2D eigenvalue weighted by Crippen LogP contribution is 2.17. The fourth-order valence-electron chi connectivity index (χ4n) is 2.75. The summed E-state index contributed by atoms with van der Waals surface area (Å²) in [5, 5.41) is 13.7. The highest BCUT2D eigenvalue weighted by Gasteiger charge is 2.17. The van der Waals surface area contributed by atoms with Crippen LogP contribution in [0.4, 0.5) is 11.6 Å². The number of hydrogen-bond acceptors (Lipinski definition) is 6. The van der Waals surface area contributed by atoms with Crippen LogP contribution in [0, 0.1) is 0 Å². The highest BCUT2D eigenvalue weighted by atomic mass is 16.5. The number of aliphatic hydroxyl groups excluding tert-OH is 1. The predicted octanol–water partition coefficient (Wildman–Crippen LogP) is 1.72. The maximum atomic E-state index is 10.4. The van der Waals surface area contributed by atoms with Gasteiger partial charge in [-0.25, -0.2) is 9.97 Å². The summed E-state index contributed by atoms with van der Waals surface area (Å²) in [5.41, 5.74) is 1.12. The summed E-state index contributed by atoms with van der Waals surface area (Å²) in [7, 11) is 0. The molecule has 0 saturated carbocycles. The lowest BCUT2D eigenvalue weighted by atomic mass is 10.0. The van der Waals surface area contributed by atoms with E-state index < -0.39 is 6.10 Å². The summed E-state index contributed by atoms with van der Waals surface area (Å²) in [6, 6.07) is 11.8. The Kier molecular flexibility index (Phi) is 5.61. The van der Waals surface area contributed by atoms with E-state index in [1.807, 2.05) is 43.3 Å². The van der Waals surface area contributed by atoms with E-state index in [4.69, 9.17) is 4.74 Å². The average molecular weight is 328 g/mol. The standard InChI is InChI=1S/C18H24N4O2/c1-14(16(23)11-15-5-3-2-4-6-15)21-17-12-18(20-13-19-17)22-7-9-24-10-8-22/h2-6,12-14,16,23H,7-11H2,1H3,(H,19,20,21). The molecule has 6 heteroatoms. The van der Waals surface area contributed by atoms with Gasteiger partial charge in [-0.3, -0.25) is 0 Å². The largest absolute Gasteiger partial charge is 0.391 e. The molecule has 0 aliphatic carbocycles. The maximum absolute atomic E-state index is 10.4. The van der Waals surface area contributed by atoms with Gasteiger partial charge in [0.25, 0.3) is 0 Å². The van der Waals surface area contributed by atoms with Crippen LogP contribution in [-0.2, 0) is 11.2 Å². The molecule has 2 atom stereocenters. The van der Waals surface area contributed by atoms with Gasteiger partial charge in [-0.2, -0.15) is 0 Å². The van der Waals surface area contributed by atoms with Crippen LogP contribution in [0.1, 0.15) is 12.5 Å². The quantitative estimate of drug-likeness (QED) is 0.841. The third kappa shape index (κ3) is 4.43. The second-order valence-electron chi connectivity index (χ2n) is 6.05. The van der Waals surface area contributed by atoms with E-state index in [0.717, 1.165) is 43.5 Å². The number of aliphatic hydroxyl groups is 1. The Labute approximate surface area is 142 Å². The molecule has 1 fully saturated rings. The molecule has 1 aromatic heterocycles. The van der Waals surface area contributed by atoms with Gasteiger partial charge >= 0.3 is 0 Å². The lowest BCUT2D eigenvalue weighted by molar-refractivity contribution is 0.122. The molecule has 3 rings (SSSR count). The summed E-state index contributed by atoms with van der Waals surface area (Å²) in [6.45, 7) is 5.08. The second kappa shape index (κ2) is 8.08. The number of benzene rings is 1. The Morgan fingerprint density at radius 1 is 1.21 bits per heavy atom. The molecule has 0 radical (unpaired) electrons. The summed E-state index contributed by atoms with van der Waals surface area (Å²) in [5.74, 6) is 1.62. The van der Waals surface area contributed by atoms with Gasteiger partial charge < -0.3 is 20.1 Å². The second-order valence-corrected chi connectivity index (χ2v) is 6.05. The van der Waals surface area contributed by atoms with E-state index in [0.29, 0.717) is 6.42 Å². The van der Waals surface area contributed by atoms with Crippen molar-refractivity contribution in [3.8, 4) is 0 Å². The van der Waals surface area contributed by atoms with E-state index in [2.05, 4.69) is 20.2 Å². The van der Waals surface area contributed by atoms with E-state index in [-0.39, 0.29) is 6.04 Å². The smallest absolute Gasteiger partial charge is 0.134 e. The van der Waals surface area contributed by atoms with E-state index in [9.17, 15) is 5.11 Å². The number of morpholine rings is 1. The number of rotatable bonds is 6. The third-order valence-electron chi connectivity index (χ3n) is 4.23. The number of aromatic nitrogens is 2. The average Bonchev–Trinajstić information content (AvgIpc) is 2.63. The molecule has 128 valence electrons. The van der Waals surface area contributed by atoms with Gasteiger partial charge in [0.15, 0.2) is 0 Å². The summed E-state index contributed by atoms with van der Waals surface area (Å²) in [6.07, 6.45) is 1.68. The number of ether oxygens (including phenoxy) is 1. The van der Waals surface area contributed by atoms with Crippen LogP contribution >= 0.6 is 0 Å². The molecular formula is C18H24N4O2. The van der Waals surface area contributed by atoms with Crippen molar-refractivity contribution in [1.82, 2.24) is 9.97 Å². The van der Waals surface area contributed by atoms with Crippen molar-refractivity contribution in [1.29, 1.82) is 0 Å². The highest BCUT2D eigenvalue weighted by molar-refractivity contribution is 5.49. The Hall–Kier alpha value is -2.18. The minimum Gasteiger partial charge on any atom is -0.391 e. The van der Waals surface area contributed by atoms with Crippen molar-refractivity contribution in [3.05, 3.63) is 48.3 Å². The zero-order chi connectivity index (χ0) is 16.8. The number of hydrogen-bond donors (Lipinski definition) is 2. The molecule has 2 heterocycles. The number of anilines is 2. The van der Waals surface area contributed by atoms with Crippen molar-refractivity contribution in [2.45, 2.75) is 25.5 Å². The molecule has 6 nitrogen and oxygen atoms in total. The lowest BCUT2D eigenvalue weighted by Gasteiger charge is -2.28. The first kappa shape index (κ1) is 16.7. The van der Waals surface area contributed by atoms with Gasteiger partial charge in [-0.05, 0) is 12.5 Å². The van der Waals surface area contributed by atoms with E-state index in [1.165, 1.54) is 0 Å². The summed E-state index contributed by atoms with van der Waals surface area (Å²) >= 11 is 0. The fourth-order valence-corrected chi connectivity index (χ4v) is 2.75. The monoisotopic (exact) mass is 328 g/mol. The molecule has 0 bridgehead atoms. The Bertz CT molecular complexity index is 632. The molecule has 24 heavy (non-hydrogen) atoms. The molecule has 1 aliphatic rings. The molecule has 2 N–H and O–H groups in total. The zero-order valence-electron chi connectivity index (χ0n) is 13.9. The van der Waals surface area contributed by atoms with Crippen LogP contribution in [0.25, 0.3) is 0 Å². The van der Waals surface area contributed by atoms with Crippen LogP contribution in [0.3, 0.4) is 0 Å². The van der Waals surface area contributed by atoms with Crippen molar-refractivity contribution >= 4 is 11.6 Å². The van der Waals surface area contributed by atoms with Gasteiger partial charge in [0.1, 0.15) is 18.0 Å². The van der Waals surface area contributed by atoms with Crippen molar-refractivity contribution in [2.75, 3.05) is 36.5 Å².